The van der Waals surface area contributed by atoms with Crippen molar-refractivity contribution in [3.8, 4) is 0 Å². The number of hydrogen-bond donors (Lipinski definition) is 0. The molecule has 1 fully saturated rings. The smallest absolute Gasteiger partial charge is 0.247 e. The average molecular weight is 339 g/mol. The molecule has 0 bridgehead atoms. The molecule has 0 saturated carbocycles. The molecule has 0 N–H and O–H groups in total. The molecule has 25 heavy (non-hydrogen) atoms. The van der Waals surface area contributed by atoms with Crippen LogP contribution in [0, 0.1) is 6.92 Å². The van der Waals surface area contributed by atoms with E-state index >= 15 is 0 Å². The molecular weight excluding hydrogens is 314 g/mol. The van der Waals surface area contributed by atoms with E-state index in [-0.39, 0.29) is 17.7 Å². The van der Waals surface area contributed by atoms with E-state index in [0.717, 1.165) is 11.1 Å². The summed E-state index contributed by atoms with van der Waals surface area (Å²) >= 11 is 0. The number of nitrogens with zero attached hydrogens (tertiary/aromatic N) is 3. The van der Waals surface area contributed by atoms with Gasteiger partial charge in [0.05, 0.1) is 11.6 Å². The van der Waals surface area contributed by atoms with Gasteiger partial charge in [-0.2, -0.15) is 5.10 Å². The normalized spacial score (nSPS) is 18.0. The second kappa shape index (κ2) is 6.82. The fraction of sp³-hybridized carbons (Fsp3) is 0.450. The maximum atomic E-state index is 12.8. The number of carbonyl (C=O) groups excluding carboxylic acids is 2. The molecule has 1 amide bonds. The van der Waals surface area contributed by atoms with Crippen LogP contribution in [0.3, 0.4) is 0 Å². The molecule has 5 nitrogen and oxygen atoms in total. The van der Waals surface area contributed by atoms with E-state index in [1.807, 2.05) is 55.3 Å². The number of Topliss-reactive ketones (excluding diaryl/α,β-unsaturated/α-hetero) is 1. The fourth-order valence-corrected chi connectivity index (χ4v) is 3.73. The summed E-state index contributed by atoms with van der Waals surface area (Å²) in [7, 11) is 0. The van der Waals surface area contributed by atoms with Gasteiger partial charge in [-0.15, -0.1) is 0 Å². The van der Waals surface area contributed by atoms with Gasteiger partial charge in [-0.1, -0.05) is 30.3 Å². The van der Waals surface area contributed by atoms with Crippen molar-refractivity contribution in [2.45, 2.75) is 45.1 Å². The summed E-state index contributed by atoms with van der Waals surface area (Å²) < 4.78 is 1.71. The number of piperidine rings is 1. The molecule has 0 aliphatic carbocycles. The van der Waals surface area contributed by atoms with E-state index < -0.39 is 5.41 Å². The molecular formula is C20H25N3O2. The summed E-state index contributed by atoms with van der Waals surface area (Å²) in [5.74, 6) is 0.245. The van der Waals surface area contributed by atoms with Crippen molar-refractivity contribution in [2.24, 2.45) is 0 Å². The Bertz CT molecular complexity index is 758. The minimum Gasteiger partial charge on any atom is -0.341 e. The van der Waals surface area contributed by atoms with Crippen LogP contribution in [-0.2, 0) is 15.0 Å². The van der Waals surface area contributed by atoms with Crippen molar-refractivity contribution in [1.82, 2.24) is 14.7 Å². The number of hydrogen-bond acceptors (Lipinski definition) is 3. The maximum Gasteiger partial charge on any atom is 0.247 e. The monoisotopic (exact) mass is 339 g/mol. The van der Waals surface area contributed by atoms with Crippen LogP contribution in [-0.4, -0.2) is 39.5 Å². The first-order chi connectivity index (χ1) is 11.9. The first-order valence-electron chi connectivity index (χ1n) is 8.80. The summed E-state index contributed by atoms with van der Waals surface area (Å²) in [4.78, 5) is 27.1. The largest absolute Gasteiger partial charge is 0.341 e. The first kappa shape index (κ1) is 17.4. The van der Waals surface area contributed by atoms with E-state index in [0.29, 0.717) is 25.9 Å². The van der Waals surface area contributed by atoms with Crippen LogP contribution in [0.2, 0.25) is 0 Å². The molecule has 1 saturated heterocycles. The number of likely N-dealkylation sites (tertiary alicyclic amines) is 1. The molecule has 0 radical (unpaired) electrons. The molecule has 1 aliphatic heterocycles. The lowest BCUT2D eigenvalue weighted by molar-refractivity contribution is -0.138. The van der Waals surface area contributed by atoms with Gasteiger partial charge in [0.15, 0.2) is 0 Å². The number of carbonyl (C=O) groups is 2. The Morgan fingerprint density at radius 2 is 1.80 bits per heavy atom. The topological polar surface area (TPSA) is 55.2 Å². The van der Waals surface area contributed by atoms with Crippen molar-refractivity contribution < 1.29 is 9.59 Å². The Kier molecular flexibility index (Phi) is 4.75. The number of aryl methyl sites for hydroxylation is 1. The van der Waals surface area contributed by atoms with Crippen LogP contribution < -0.4 is 0 Å². The van der Waals surface area contributed by atoms with Gasteiger partial charge in [-0.25, -0.2) is 0 Å². The van der Waals surface area contributed by atoms with E-state index in [1.165, 1.54) is 0 Å². The second-order valence-corrected chi connectivity index (χ2v) is 7.00. The highest BCUT2D eigenvalue weighted by molar-refractivity contribution is 5.89. The highest BCUT2D eigenvalue weighted by Gasteiger charge is 2.41. The van der Waals surface area contributed by atoms with Gasteiger partial charge in [0.1, 0.15) is 11.8 Å². The van der Waals surface area contributed by atoms with Gasteiger partial charge in [0, 0.05) is 19.3 Å². The zero-order valence-corrected chi connectivity index (χ0v) is 15.1. The van der Waals surface area contributed by atoms with Crippen LogP contribution in [0.25, 0.3) is 0 Å². The highest BCUT2D eigenvalue weighted by Crippen LogP contribution is 2.37. The number of rotatable bonds is 4. The molecule has 1 atom stereocenters. The SMILES string of the molecule is CC(=O)C1(c2ccccc2)CCN(C(=O)[C@H](C)n2cc(C)cn2)CC1. The van der Waals surface area contributed by atoms with Crippen LogP contribution in [0.1, 0.15) is 43.9 Å². The Labute approximate surface area is 148 Å². The number of benzene rings is 1. The van der Waals surface area contributed by atoms with Crippen molar-refractivity contribution in [3.63, 3.8) is 0 Å². The maximum absolute atomic E-state index is 12.8. The van der Waals surface area contributed by atoms with Gasteiger partial charge < -0.3 is 4.90 Å². The van der Waals surface area contributed by atoms with Gasteiger partial charge >= 0.3 is 0 Å². The molecule has 5 heteroatoms. The summed E-state index contributed by atoms with van der Waals surface area (Å²) in [6.07, 6.45) is 4.98. The van der Waals surface area contributed by atoms with Crippen LogP contribution in [0.15, 0.2) is 42.7 Å². The third-order valence-corrected chi connectivity index (χ3v) is 5.41. The molecule has 2 heterocycles. The second-order valence-electron chi connectivity index (χ2n) is 7.00. The first-order valence-corrected chi connectivity index (χ1v) is 8.80. The van der Waals surface area contributed by atoms with E-state index in [4.69, 9.17) is 0 Å². The Morgan fingerprint density at radius 3 is 2.32 bits per heavy atom. The summed E-state index contributed by atoms with van der Waals surface area (Å²) in [5, 5.41) is 4.25. The van der Waals surface area contributed by atoms with Gasteiger partial charge in [0.25, 0.3) is 0 Å². The number of ketones is 1. The lowest BCUT2D eigenvalue weighted by atomic mass is 9.70. The lowest BCUT2D eigenvalue weighted by Crippen LogP contribution is -2.49. The Balaban J connectivity index is 1.74. The highest BCUT2D eigenvalue weighted by atomic mass is 16.2. The Hall–Kier alpha value is -2.43. The molecule has 0 unspecified atom stereocenters. The predicted octanol–water partition coefficient (Wildman–Crippen LogP) is 2.90. The standard InChI is InChI=1S/C20H25N3O2/c1-15-13-21-23(14-15)16(2)19(25)22-11-9-20(10-12-22,17(3)24)18-7-5-4-6-8-18/h4-8,13-14,16H,9-12H2,1-3H3/t16-/m0/s1. The molecule has 2 aromatic rings. The molecule has 132 valence electrons. The van der Waals surface area contributed by atoms with Crippen molar-refractivity contribution in [2.75, 3.05) is 13.1 Å². The third-order valence-electron chi connectivity index (χ3n) is 5.41. The van der Waals surface area contributed by atoms with Crippen molar-refractivity contribution >= 4 is 11.7 Å². The average Bonchev–Trinajstić information content (AvgIpc) is 3.07. The summed E-state index contributed by atoms with van der Waals surface area (Å²) in [6, 6.07) is 9.63. The number of aromatic nitrogens is 2. The predicted molar refractivity (Wildman–Crippen MR) is 96.3 cm³/mol. The van der Waals surface area contributed by atoms with Gasteiger partial charge in [-0.3, -0.25) is 14.3 Å². The van der Waals surface area contributed by atoms with Crippen molar-refractivity contribution in [1.29, 1.82) is 0 Å². The van der Waals surface area contributed by atoms with Gasteiger partial charge in [0.2, 0.25) is 5.91 Å². The molecule has 1 aromatic heterocycles. The van der Waals surface area contributed by atoms with Crippen LogP contribution in [0.5, 0.6) is 0 Å². The zero-order chi connectivity index (χ0) is 18.0. The van der Waals surface area contributed by atoms with Crippen LogP contribution in [0.4, 0.5) is 0 Å². The molecule has 3 rings (SSSR count). The molecule has 1 aliphatic rings. The summed E-state index contributed by atoms with van der Waals surface area (Å²) in [6.45, 7) is 6.69. The van der Waals surface area contributed by atoms with Gasteiger partial charge in [-0.05, 0) is 44.7 Å². The van der Waals surface area contributed by atoms with E-state index in [2.05, 4.69) is 5.10 Å². The van der Waals surface area contributed by atoms with E-state index in [1.54, 1.807) is 17.8 Å². The quantitative estimate of drug-likeness (QED) is 0.861. The van der Waals surface area contributed by atoms with Crippen LogP contribution >= 0.6 is 0 Å². The zero-order valence-electron chi connectivity index (χ0n) is 15.1. The van der Waals surface area contributed by atoms with E-state index in [9.17, 15) is 9.59 Å². The number of amides is 1. The lowest BCUT2D eigenvalue weighted by Gasteiger charge is -2.41. The summed E-state index contributed by atoms with van der Waals surface area (Å²) in [5.41, 5.74) is 1.63. The third kappa shape index (κ3) is 3.23. The molecule has 1 aromatic carbocycles. The molecule has 0 spiro atoms. The Morgan fingerprint density at radius 1 is 1.16 bits per heavy atom. The minimum absolute atomic E-state index is 0.0633. The van der Waals surface area contributed by atoms with Crippen molar-refractivity contribution in [3.05, 3.63) is 53.9 Å². The fourth-order valence-electron chi connectivity index (χ4n) is 3.73. The minimum atomic E-state index is -0.469.